The molecular weight excluding hydrogens is 743 g/mol. The third-order valence-electron chi connectivity index (χ3n) is 11.9. The van der Waals surface area contributed by atoms with Gasteiger partial charge in [-0.15, -0.1) is 0 Å². The summed E-state index contributed by atoms with van der Waals surface area (Å²) >= 11 is 0. The van der Waals surface area contributed by atoms with Crippen molar-refractivity contribution in [3.63, 3.8) is 0 Å². The molecule has 0 aromatic heterocycles. The van der Waals surface area contributed by atoms with Crippen molar-refractivity contribution in [1.82, 2.24) is 5.32 Å². The van der Waals surface area contributed by atoms with Gasteiger partial charge in [-0.2, -0.15) is 0 Å². The number of esters is 1. The zero-order valence-electron chi connectivity index (χ0n) is 40.1. The molecular formula is C54H101NO5. The highest BCUT2D eigenvalue weighted by Crippen LogP contribution is 2.18. The zero-order valence-corrected chi connectivity index (χ0v) is 40.1. The van der Waals surface area contributed by atoms with Gasteiger partial charge in [-0.1, -0.05) is 218 Å². The van der Waals surface area contributed by atoms with Crippen LogP contribution >= 0.6 is 0 Å². The summed E-state index contributed by atoms with van der Waals surface area (Å²) in [5, 5.41) is 23.8. The molecule has 0 aromatic carbocycles. The smallest absolute Gasteiger partial charge is 0.306 e. The molecule has 352 valence electrons. The maximum atomic E-state index is 13.2. The monoisotopic (exact) mass is 844 g/mol. The lowest BCUT2D eigenvalue weighted by atomic mass is 10.0. The number of aliphatic hydroxyl groups excluding tert-OH is 2. The summed E-state index contributed by atoms with van der Waals surface area (Å²) in [6, 6.07) is -0.705. The molecule has 0 saturated carbocycles. The number of unbranched alkanes of at least 4 members (excludes halogenated alkanes) is 29. The predicted octanol–water partition coefficient (Wildman–Crippen LogP) is 15.7. The van der Waals surface area contributed by atoms with Crippen molar-refractivity contribution in [2.24, 2.45) is 0 Å². The maximum Gasteiger partial charge on any atom is 0.306 e. The van der Waals surface area contributed by atoms with E-state index >= 15 is 0 Å². The quantitative estimate of drug-likeness (QED) is 0.0322. The zero-order chi connectivity index (χ0) is 43.8. The lowest BCUT2D eigenvalue weighted by Crippen LogP contribution is -2.46. The van der Waals surface area contributed by atoms with Crippen LogP contribution in [0.25, 0.3) is 0 Å². The Balaban J connectivity index is 4.56. The van der Waals surface area contributed by atoms with Gasteiger partial charge in [0.1, 0.15) is 6.10 Å². The Morgan fingerprint density at radius 2 is 0.867 bits per heavy atom. The van der Waals surface area contributed by atoms with Gasteiger partial charge in [0.2, 0.25) is 5.91 Å². The van der Waals surface area contributed by atoms with Gasteiger partial charge < -0.3 is 20.3 Å². The summed E-state index contributed by atoms with van der Waals surface area (Å²) in [5.41, 5.74) is 0. The van der Waals surface area contributed by atoms with Crippen LogP contribution in [0, 0.1) is 0 Å². The molecule has 6 nitrogen and oxygen atoms in total. The van der Waals surface area contributed by atoms with E-state index in [1.807, 2.05) is 0 Å². The molecule has 1 amide bonds. The maximum absolute atomic E-state index is 13.2. The van der Waals surface area contributed by atoms with Gasteiger partial charge in [0.05, 0.1) is 25.2 Å². The van der Waals surface area contributed by atoms with Crippen molar-refractivity contribution in [1.29, 1.82) is 0 Å². The Kier molecular flexibility index (Phi) is 46.6. The Morgan fingerprint density at radius 3 is 1.37 bits per heavy atom. The van der Waals surface area contributed by atoms with Crippen molar-refractivity contribution in [3.05, 3.63) is 36.5 Å². The van der Waals surface area contributed by atoms with E-state index in [9.17, 15) is 19.8 Å². The second-order valence-corrected chi connectivity index (χ2v) is 17.9. The molecule has 0 rings (SSSR count). The van der Waals surface area contributed by atoms with Crippen LogP contribution in [0.3, 0.4) is 0 Å². The molecule has 3 atom stereocenters. The van der Waals surface area contributed by atoms with Crippen LogP contribution in [0.5, 0.6) is 0 Å². The molecule has 0 bridgehead atoms. The SMILES string of the molecule is CCCC/C=C\CCCCCCCC(=O)OC(CCCCCCC/C=C\C/C=C\CCCCC)CC(=O)NC(CO)C(O)CCCCCCCCCCCCCCCCC. The molecule has 6 heteroatoms. The Labute approximate surface area is 373 Å². The first kappa shape index (κ1) is 58.1. The van der Waals surface area contributed by atoms with E-state index in [4.69, 9.17) is 4.74 Å². The van der Waals surface area contributed by atoms with Gasteiger partial charge in [0, 0.05) is 6.42 Å². The van der Waals surface area contributed by atoms with Crippen LogP contribution in [0.4, 0.5) is 0 Å². The summed E-state index contributed by atoms with van der Waals surface area (Å²) in [6.45, 7) is 6.43. The van der Waals surface area contributed by atoms with Gasteiger partial charge in [-0.25, -0.2) is 0 Å². The Hall–Kier alpha value is -1.92. The van der Waals surface area contributed by atoms with Gasteiger partial charge in [-0.05, 0) is 77.0 Å². The van der Waals surface area contributed by atoms with E-state index in [1.54, 1.807) is 0 Å². The van der Waals surface area contributed by atoms with E-state index in [0.717, 1.165) is 77.0 Å². The highest BCUT2D eigenvalue weighted by atomic mass is 16.5. The van der Waals surface area contributed by atoms with E-state index in [1.165, 1.54) is 148 Å². The third kappa shape index (κ3) is 42.8. The van der Waals surface area contributed by atoms with E-state index < -0.39 is 18.2 Å². The molecule has 0 aromatic rings. The van der Waals surface area contributed by atoms with Crippen molar-refractivity contribution >= 4 is 11.9 Å². The minimum atomic E-state index is -0.791. The number of amides is 1. The number of carbonyl (C=O) groups excluding carboxylic acids is 2. The summed E-state index contributed by atoms with van der Waals surface area (Å²) in [4.78, 5) is 26.1. The van der Waals surface area contributed by atoms with Crippen LogP contribution in [-0.4, -0.2) is 46.9 Å². The first-order valence-corrected chi connectivity index (χ1v) is 26.2. The number of ether oxygens (including phenoxy) is 1. The Morgan fingerprint density at radius 1 is 0.483 bits per heavy atom. The third-order valence-corrected chi connectivity index (χ3v) is 11.9. The van der Waals surface area contributed by atoms with Gasteiger partial charge >= 0.3 is 5.97 Å². The van der Waals surface area contributed by atoms with Crippen LogP contribution in [0.2, 0.25) is 0 Å². The fourth-order valence-electron chi connectivity index (χ4n) is 7.91. The van der Waals surface area contributed by atoms with Crippen LogP contribution in [0.1, 0.15) is 271 Å². The second kappa shape index (κ2) is 48.1. The van der Waals surface area contributed by atoms with Gasteiger partial charge in [-0.3, -0.25) is 9.59 Å². The van der Waals surface area contributed by atoms with Crippen molar-refractivity contribution in [2.45, 2.75) is 289 Å². The van der Waals surface area contributed by atoms with Crippen molar-refractivity contribution in [2.75, 3.05) is 6.61 Å². The predicted molar refractivity (Wildman–Crippen MR) is 259 cm³/mol. The molecule has 3 unspecified atom stereocenters. The van der Waals surface area contributed by atoms with E-state index in [0.29, 0.717) is 19.3 Å². The highest BCUT2D eigenvalue weighted by molar-refractivity contribution is 5.77. The average Bonchev–Trinajstić information content (AvgIpc) is 3.24. The standard InChI is InChI=1S/C54H101NO5/c1-4-7-10-13-16-19-22-24-26-28-31-33-36-39-42-45-50(60-54(59)47-44-41-38-35-30-21-18-15-12-9-6-3)48-53(58)55-51(49-56)52(57)46-43-40-37-34-32-29-27-25-23-20-17-14-11-8-5-2/h15-16,18-19,24,26,50-52,56-57H,4-14,17,20-23,25,27-49H2,1-3H3,(H,55,58)/b18-15-,19-16-,26-24-. The minimum absolute atomic E-state index is 0.0670. The number of nitrogens with one attached hydrogen (secondary N) is 1. The van der Waals surface area contributed by atoms with Crippen LogP contribution in [0.15, 0.2) is 36.5 Å². The second-order valence-electron chi connectivity index (χ2n) is 17.9. The number of hydrogen-bond acceptors (Lipinski definition) is 5. The molecule has 0 aliphatic carbocycles. The molecule has 60 heavy (non-hydrogen) atoms. The number of aliphatic hydroxyl groups is 2. The summed E-state index contributed by atoms with van der Waals surface area (Å²) in [6.07, 6.45) is 56.3. The minimum Gasteiger partial charge on any atom is -0.462 e. The van der Waals surface area contributed by atoms with Crippen LogP contribution < -0.4 is 5.32 Å². The lowest BCUT2D eigenvalue weighted by Gasteiger charge is -2.24. The van der Waals surface area contributed by atoms with Crippen molar-refractivity contribution < 1.29 is 24.5 Å². The molecule has 0 radical (unpaired) electrons. The molecule has 0 heterocycles. The van der Waals surface area contributed by atoms with Crippen molar-refractivity contribution in [3.8, 4) is 0 Å². The number of hydrogen-bond donors (Lipinski definition) is 3. The number of allylic oxidation sites excluding steroid dienone is 6. The molecule has 0 saturated heterocycles. The number of carbonyl (C=O) groups is 2. The Bertz CT molecular complexity index is 993. The van der Waals surface area contributed by atoms with E-state index in [-0.39, 0.29) is 24.9 Å². The molecule has 3 N–H and O–H groups in total. The largest absolute Gasteiger partial charge is 0.462 e. The van der Waals surface area contributed by atoms with Gasteiger partial charge in [0.25, 0.3) is 0 Å². The summed E-state index contributed by atoms with van der Waals surface area (Å²) in [5.74, 6) is -0.491. The molecule has 0 aliphatic heterocycles. The van der Waals surface area contributed by atoms with Gasteiger partial charge in [0.15, 0.2) is 0 Å². The first-order valence-electron chi connectivity index (χ1n) is 26.2. The molecule has 0 aliphatic rings. The van der Waals surface area contributed by atoms with E-state index in [2.05, 4.69) is 62.5 Å². The van der Waals surface area contributed by atoms with Crippen LogP contribution in [-0.2, 0) is 14.3 Å². The summed E-state index contributed by atoms with van der Waals surface area (Å²) < 4.78 is 5.92. The number of rotatable bonds is 47. The fraction of sp³-hybridized carbons (Fsp3) is 0.852. The summed E-state index contributed by atoms with van der Waals surface area (Å²) in [7, 11) is 0. The normalized spacial score (nSPS) is 13.5. The average molecular weight is 844 g/mol. The topological polar surface area (TPSA) is 95.9 Å². The first-order chi connectivity index (χ1) is 29.5. The highest BCUT2D eigenvalue weighted by Gasteiger charge is 2.24. The molecule has 0 fully saturated rings. The lowest BCUT2D eigenvalue weighted by molar-refractivity contribution is -0.151. The molecule has 0 spiro atoms. The fourth-order valence-corrected chi connectivity index (χ4v) is 7.91.